The van der Waals surface area contributed by atoms with Crippen molar-refractivity contribution in [2.45, 2.75) is 36.9 Å². The van der Waals surface area contributed by atoms with Gasteiger partial charge in [-0.1, -0.05) is 30.7 Å². The number of carbonyl (C=O) groups excluding carboxylic acids is 1. The molecule has 5 nitrogen and oxygen atoms in total. The van der Waals surface area contributed by atoms with E-state index in [4.69, 9.17) is 4.42 Å². The fourth-order valence-electron chi connectivity index (χ4n) is 2.23. The van der Waals surface area contributed by atoms with Crippen molar-refractivity contribution in [2.24, 2.45) is 0 Å². The van der Waals surface area contributed by atoms with Gasteiger partial charge >= 0.3 is 0 Å². The van der Waals surface area contributed by atoms with E-state index in [9.17, 15) is 4.79 Å². The van der Waals surface area contributed by atoms with E-state index in [1.165, 1.54) is 24.6 Å². The van der Waals surface area contributed by atoms with Crippen LogP contribution >= 0.6 is 23.1 Å². The van der Waals surface area contributed by atoms with E-state index >= 15 is 0 Å². The molecule has 2 heterocycles. The van der Waals surface area contributed by atoms with Gasteiger partial charge in [-0.2, -0.15) is 0 Å². The van der Waals surface area contributed by atoms with Gasteiger partial charge in [-0.05, 0) is 24.3 Å². The molecule has 1 amide bonds. The minimum atomic E-state index is 0.0396. The summed E-state index contributed by atoms with van der Waals surface area (Å²) in [6, 6.07) is 4.22. The maximum absolute atomic E-state index is 11.8. The van der Waals surface area contributed by atoms with Gasteiger partial charge in [-0.15, -0.1) is 21.5 Å². The van der Waals surface area contributed by atoms with Crippen LogP contribution in [0.25, 0.3) is 10.8 Å². The molecule has 0 atom stereocenters. The molecule has 20 heavy (non-hydrogen) atoms. The first-order chi connectivity index (χ1) is 9.81. The highest BCUT2D eigenvalue weighted by molar-refractivity contribution is 7.99. The zero-order valence-electron chi connectivity index (χ0n) is 10.9. The van der Waals surface area contributed by atoms with Crippen molar-refractivity contribution in [2.75, 3.05) is 5.75 Å². The van der Waals surface area contributed by atoms with E-state index in [-0.39, 0.29) is 5.91 Å². The van der Waals surface area contributed by atoms with E-state index in [2.05, 4.69) is 15.5 Å². The van der Waals surface area contributed by atoms with E-state index in [0.29, 0.717) is 22.9 Å². The Morgan fingerprint density at radius 3 is 3.05 bits per heavy atom. The Hall–Kier alpha value is -1.34. The molecule has 0 unspecified atom stereocenters. The molecule has 7 heteroatoms. The molecule has 0 spiro atoms. The summed E-state index contributed by atoms with van der Waals surface area (Å²) in [5.41, 5.74) is 0. The molecule has 106 valence electrons. The zero-order chi connectivity index (χ0) is 13.8. The minimum absolute atomic E-state index is 0.0396. The van der Waals surface area contributed by atoms with Crippen molar-refractivity contribution >= 4 is 29.0 Å². The lowest BCUT2D eigenvalue weighted by atomic mass is 10.2. The molecule has 0 saturated heterocycles. The van der Waals surface area contributed by atoms with E-state index in [0.717, 1.165) is 17.7 Å². The quantitative estimate of drug-likeness (QED) is 0.860. The molecule has 0 radical (unpaired) electrons. The van der Waals surface area contributed by atoms with Crippen molar-refractivity contribution in [3.05, 3.63) is 17.5 Å². The summed E-state index contributed by atoms with van der Waals surface area (Å²) < 4.78 is 5.52. The highest BCUT2D eigenvalue weighted by Gasteiger charge is 2.18. The first-order valence-electron chi connectivity index (χ1n) is 6.61. The Bertz CT molecular complexity index is 562. The highest BCUT2D eigenvalue weighted by atomic mass is 32.2. The standard InChI is InChI=1S/C13H15N3O2S2/c17-11(14-9-4-1-2-5-9)8-20-13-16-15-12(18-13)10-6-3-7-19-10/h3,6-7,9H,1-2,4-5,8H2,(H,14,17). The molecular formula is C13H15N3O2S2. The van der Waals surface area contributed by atoms with Gasteiger partial charge in [0.1, 0.15) is 0 Å². The number of hydrogen-bond acceptors (Lipinski definition) is 6. The monoisotopic (exact) mass is 309 g/mol. The lowest BCUT2D eigenvalue weighted by Gasteiger charge is -2.10. The Morgan fingerprint density at radius 1 is 1.45 bits per heavy atom. The first-order valence-corrected chi connectivity index (χ1v) is 8.47. The number of amides is 1. The van der Waals surface area contributed by atoms with E-state index < -0.39 is 0 Å². The number of thiophene rings is 1. The zero-order valence-corrected chi connectivity index (χ0v) is 12.5. The average molecular weight is 309 g/mol. The van der Waals surface area contributed by atoms with Crippen molar-refractivity contribution in [3.8, 4) is 10.8 Å². The molecule has 2 aromatic heterocycles. The molecule has 3 rings (SSSR count). The Balaban J connectivity index is 1.49. The van der Waals surface area contributed by atoms with Crippen LogP contribution in [0.5, 0.6) is 0 Å². The van der Waals surface area contributed by atoms with Crippen LogP contribution < -0.4 is 5.32 Å². The predicted octanol–water partition coefficient (Wildman–Crippen LogP) is 2.95. The number of nitrogens with zero attached hydrogens (tertiary/aromatic N) is 2. The molecule has 0 bridgehead atoms. The summed E-state index contributed by atoms with van der Waals surface area (Å²) in [6.07, 6.45) is 4.62. The van der Waals surface area contributed by atoms with Crippen LogP contribution in [0.3, 0.4) is 0 Å². The molecule has 0 aliphatic heterocycles. The topological polar surface area (TPSA) is 68.0 Å². The smallest absolute Gasteiger partial charge is 0.277 e. The van der Waals surface area contributed by atoms with Crippen LogP contribution in [0, 0.1) is 0 Å². The third-order valence-corrected chi connectivity index (χ3v) is 4.86. The molecule has 1 saturated carbocycles. The summed E-state index contributed by atoms with van der Waals surface area (Å²) in [7, 11) is 0. The van der Waals surface area contributed by atoms with E-state index in [1.807, 2.05) is 17.5 Å². The molecule has 2 aromatic rings. The number of aromatic nitrogens is 2. The van der Waals surface area contributed by atoms with Gasteiger partial charge in [0.25, 0.3) is 11.1 Å². The maximum atomic E-state index is 11.8. The minimum Gasteiger partial charge on any atom is -0.410 e. The third kappa shape index (κ3) is 3.40. The van der Waals surface area contributed by atoms with E-state index in [1.54, 1.807) is 11.3 Å². The second-order valence-corrected chi connectivity index (χ2v) is 6.56. The van der Waals surface area contributed by atoms with Crippen LogP contribution in [0.4, 0.5) is 0 Å². The highest BCUT2D eigenvalue weighted by Crippen LogP contribution is 2.26. The fraction of sp³-hybridized carbons (Fsp3) is 0.462. The van der Waals surface area contributed by atoms with Crippen LogP contribution in [0.1, 0.15) is 25.7 Å². The number of thioether (sulfide) groups is 1. The Morgan fingerprint density at radius 2 is 2.30 bits per heavy atom. The number of rotatable bonds is 5. The first kappa shape index (κ1) is 13.6. The summed E-state index contributed by atoms with van der Waals surface area (Å²) in [5.74, 6) is 0.874. The molecule has 0 aromatic carbocycles. The summed E-state index contributed by atoms with van der Waals surface area (Å²) in [4.78, 5) is 12.7. The van der Waals surface area contributed by atoms with Gasteiger partial charge < -0.3 is 9.73 Å². The molecule has 1 aliphatic rings. The number of hydrogen-bond donors (Lipinski definition) is 1. The summed E-state index contributed by atoms with van der Waals surface area (Å²) >= 11 is 2.83. The number of nitrogens with one attached hydrogen (secondary N) is 1. The normalized spacial score (nSPS) is 15.6. The number of carbonyl (C=O) groups is 1. The largest absolute Gasteiger partial charge is 0.410 e. The fourth-order valence-corrected chi connectivity index (χ4v) is 3.45. The average Bonchev–Trinajstić information content (AvgIpc) is 3.18. The lowest BCUT2D eigenvalue weighted by Crippen LogP contribution is -2.33. The van der Waals surface area contributed by atoms with Crippen LogP contribution in [-0.4, -0.2) is 27.9 Å². The summed E-state index contributed by atoms with van der Waals surface area (Å²) in [6.45, 7) is 0. The van der Waals surface area contributed by atoms with Gasteiger partial charge in [-0.3, -0.25) is 4.79 Å². The SMILES string of the molecule is O=C(CSc1nnc(-c2cccs2)o1)NC1CCCC1. The van der Waals surface area contributed by atoms with Crippen molar-refractivity contribution in [1.29, 1.82) is 0 Å². The Kier molecular flexibility index (Phi) is 4.37. The Labute approximate surface area is 125 Å². The van der Waals surface area contributed by atoms with Gasteiger partial charge in [0.05, 0.1) is 10.6 Å². The summed E-state index contributed by atoms with van der Waals surface area (Å²) in [5, 5.41) is 13.4. The predicted molar refractivity (Wildman–Crippen MR) is 78.7 cm³/mol. The lowest BCUT2D eigenvalue weighted by molar-refractivity contribution is -0.119. The van der Waals surface area contributed by atoms with Crippen LogP contribution in [0.2, 0.25) is 0 Å². The second kappa shape index (κ2) is 6.41. The van der Waals surface area contributed by atoms with Crippen molar-refractivity contribution < 1.29 is 9.21 Å². The van der Waals surface area contributed by atoms with Gasteiger partial charge in [0.2, 0.25) is 5.91 Å². The van der Waals surface area contributed by atoms with Gasteiger partial charge in [0.15, 0.2) is 0 Å². The third-order valence-electron chi connectivity index (χ3n) is 3.19. The van der Waals surface area contributed by atoms with Crippen LogP contribution in [-0.2, 0) is 4.79 Å². The van der Waals surface area contributed by atoms with Crippen molar-refractivity contribution in [3.63, 3.8) is 0 Å². The molecule has 1 N–H and O–H groups in total. The van der Waals surface area contributed by atoms with Crippen molar-refractivity contribution in [1.82, 2.24) is 15.5 Å². The maximum Gasteiger partial charge on any atom is 0.277 e. The second-order valence-electron chi connectivity index (χ2n) is 4.69. The van der Waals surface area contributed by atoms with Gasteiger partial charge in [-0.25, -0.2) is 0 Å². The van der Waals surface area contributed by atoms with Crippen LogP contribution in [0.15, 0.2) is 27.2 Å². The molecular weight excluding hydrogens is 294 g/mol. The molecule has 1 aliphatic carbocycles. The molecule has 1 fully saturated rings. The van der Waals surface area contributed by atoms with Gasteiger partial charge in [0, 0.05) is 6.04 Å².